The zero-order valence-corrected chi connectivity index (χ0v) is 14.0. The van der Waals surface area contributed by atoms with Crippen LogP contribution in [0, 0.1) is 5.92 Å². The number of piperidine rings is 1. The van der Waals surface area contributed by atoms with E-state index in [1.165, 1.54) is 0 Å². The van der Waals surface area contributed by atoms with Crippen LogP contribution in [0.2, 0.25) is 0 Å². The average molecular weight is 327 g/mol. The quantitative estimate of drug-likeness (QED) is 0.601. The fourth-order valence-corrected chi connectivity index (χ4v) is 3.13. The Morgan fingerprint density at radius 2 is 2.13 bits per heavy atom. The van der Waals surface area contributed by atoms with E-state index in [4.69, 9.17) is 9.47 Å². The van der Waals surface area contributed by atoms with Crippen molar-refractivity contribution in [3.8, 4) is 0 Å². The van der Waals surface area contributed by atoms with Crippen molar-refractivity contribution >= 4 is 11.8 Å². The molecule has 7 heteroatoms. The Morgan fingerprint density at radius 3 is 2.87 bits per heavy atom. The highest BCUT2D eigenvalue weighted by Crippen LogP contribution is 2.16. The van der Waals surface area contributed by atoms with E-state index < -0.39 is 0 Å². The zero-order chi connectivity index (χ0) is 16.5. The molecule has 2 amide bonds. The highest BCUT2D eigenvalue weighted by Gasteiger charge is 2.26. The summed E-state index contributed by atoms with van der Waals surface area (Å²) >= 11 is 0. The largest absolute Gasteiger partial charge is 0.382 e. The molecule has 0 aliphatic carbocycles. The lowest BCUT2D eigenvalue weighted by Gasteiger charge is -2.33. The maximum Gasteiger partial charge on any atom is 0.248 e. The van der Waals surface area contributed by atoms with E-state index in [-0.39, 0.29) is 24.5 Å². The minimum absolute atomic E-state index is 0.0228. The number of nitrogens with one attached hydrogen (secondary N) is 2. The van der Waals surface area contributed by atoms with Crippen molar-refractivity contribution in [2.45, 2.75) is 31.7 Å². The number of rotatable bonds is 8. The van der Waals surface area contributed by atoms with Gasteiger partial charge in [0, 0.05) is 26.7 Å². The normalized spacial score (nSPS) is 24.7. The number of carbonyl (C=O) groups excluding carboxylic acids is 2. The van der Waals surface area contributed by atoms with Gasteiger partial charge in [0.15, 0.2) is 0 Å². The smallest absolute Gasteiger partial charge is 0.248 e. The summed E-state index contributed by atoms with van der Waals surface area (Å²) in [5.74, 6) is 0.445. The third-order valence-corrected chi connectivity index (χ3v) is 4.47. The Labute approximate surface area is 138 Å². The van der Waals surface area contributed by atoms with E-state index >= 15 is 0 Å². The minimum atomic E-state index is -0.0366. The average Bonchev–Trinajstić information content (AvgIpc) is 3.11. The SMILES string of the molecule is COCCOCC(=O)N1CCCC(CNC(=O)C2CCCN2)C1. The van der Waals surface area contributed by atoms with Gasteiger partial charge in [-0.05, 0) is 38.1 Å². The Balaban J connectivity index is 1.66. The minimum Gasteiger partial charge on any atom is -0.382 e. The van der Waals surface area contributed by atoms with Gasteiger partial charge in [0.2, 0.25) is 11.8 Å². The first kappa shape index (κ1) is 18.2. The summed E-state index contributed by atoms with van der Waals surface area (Å²) in [7, 11) is 1.61. The van der Waals surface area contributed by atoms with Crippen molar-refractivity contribution in [2.75, 3.05) is 53.1 Å². The van der Waals surface area contributed by atoms with Crippen LogP contribution in [0.3, 0.4) is 0 Å². The molecule has 0 aromatic carbocycles. The lowest BCUT2D eigenvalue weighted by molar-refractivity contribution is -0.138. The van der Waals surface area contributed by atoms with Gasteiger partial charge in [-0.1, -0.05) is 0 Å². The van der Waals surface area contributed by atoms with Crippen LogP contribution in [0.15, 0.2) is 0 Å². The summed E-state index contributed by atoms with van der Waals surface area (Å²) in [6.45, 7) is 4.08. The molecule has 2 aliphatic rings. The van der Waals surface area contributed by atoms with Gasteiger partial charge in [0.05, 0.1) is 19.3 Å². The molecule has 2 N–H and O–H groups in total. The maximum absolute atomic E-state index is 12.1. The molecule has 7 nitrogen and oxygen atoms in total. The second kappa shape index (κ2) is 9.85. The number of methoxy groups -OCH3 is 1. The van der Waals surface area contributed by atoms with Gasteiger partial charge in [-0.3, -0.25) is 9.59 Å². The van der Waals surface area contributed by atoms with E-state index in [2.05, 4.69) is 10.6 Å². The number of nitrogens with zero attached hydrogens (tertiary/aromatic N) is 1. The molecular weight excluding hydrogens is 298 g/mol. The maximum atomic E-state index is 12.1. The number of amides is 2. The van der Waals surface area contributed by atoms with Crippen LogP contribution >= 0.6 is 0 Å². The lowest BCUT2D eigenvalue weighted by atomic mass is 9.97. The number of likely N-dealkylation sites (tertiary alicyclic amines) is 1. The molecule has 2 atom stereocenters. The molecule has 2 unspecified atom stereocenters. The molecule has 0 bridgehead atoms. The molecule has 2 saturated heterocycles. The van der Waals surface area contributed by atoms with Gasteiger partial charge < -0.3 is 25.0 Å². The number of carbonyl (C=O) groups is 2. The Bertz CT molecular complexity index is 386. The first-order valence-corrected chi connectivity index (χ1v) is 8.56. The third-order valence-electron chi connectivity index (χ3n) is 4.47. The molecule has 0 aromatic rings. The summed E-state index contributed by atoms with van der Waals surface area (Å²) in [6, 6.07) is -0.0366. The predicted octanol–water partition coefficient (Wildman–Crippen LogP) is -0.244. The van der Waals surface area contributed by atoms with Crippen LogP contribution < -0.4 is 10.6 Å². The van der Waals surface area contributed by atoms with Crippen molar-refractivity contribution in [3.63, 3.8) is 0 Å². The Hall–Kier alpha value is -1.18. The van der Waals surface area contributed by atoms with Crippen LogP contribution in [0.25, 0.3) is 0 Å². The molecule has 2 heterocycles. The molecule has 132 valence electrons. The second-order valence-electron chi connectivity index (χ2n) is 6.29. The van der Waals surface area contributed by atoms with Gasteiger partial charge in [-0.2, -0.15) is 0 Å². The molecule has 2 fully saturated rings. The zero-order valence-electron chi connectivity index (χ0n) is 14.0. The Morgan fingerprint density at radius 1 is 1.26 bits per heavy atom. The summed E-state index contributed by atoms with van der Waals surface area (Å²) in [6.07, 6.45) is 4.01. The second-order valence-corrected chi connectivity index (χ2v) is 6.29. The molecule has 2 rings (SSSR count). The molecule has 2 aliphatic heterocycles. The third kappa shape index (κ3) is 6.08. The summed E-state index contributed by atoms with van der Waals surface area (Å²) in [4.78, 5) is 26.0. The monoisotopic (exact) mass is 327 g/mol. The van der Waals surface area contributed by atoms with E-state index in [1.54, 1.807) is 7.11 Å². The van der Waals surface area contributed by atoms with Gasteiger partial charge in [-0.15, -0.1) is 0 Å². The van der Waals surface area contributed by atoms with Crippen LogP contribution in [-0.2, 0) is 19.1 Å². The van der Waals surface area contributed by atoms with Crippen LogP contribution in [0.4, 0.5) is 0 Å². The lowest BCUT2D eigenvalue weighted by Crippen LogP contribution is -2.47. The summed E-state index contributed by atoms with van der Waals surface area (Å²) < 4.78 is 10.2. The highest BCUT2D eigenvalue weighted by atomic mass is 16.5. The summed E-state index contributed by atoms with van der Waals surface area (Å²) in [5.41, 5.74) is 0. The van der Waals surface area contributed by atoms with Gasteiger partial charge >= 0.3 is 0 Å². The fraction of sp³-hybridized carbons (Fsp3) is 0.875. The van der Waals surface area contributed by atoms with Crippen molar-refractivity contribution in [1.82, 2.24) is 15.5 Å². The number of hydrogen-bond donors (Lipinski definition) is 2. The van der Waals surface area contributed by atoms with E-state index in [0.29, 0.717) is 32.2 Å². The van der Waals surface area contributed by atoms with Crippen LogP contribution in [0.1, 0.15) is 25.7 Å². The first-order valence-electron chi connectivity index (χ1n) is 8.56. The van der Waals surface area contributed by atoms with E-state index in [0.717, 1.165) is 38.8 Å². The van der Waals surface area contributed by atoms with Gasteiger partial charge in [0.25, 0.3) is 0 Å². The highest BCUT2D eigenvalue weighted by molar-refractivity contribution is 5.82. The number of ether oxygens (including phenoxy) is 2. The van der Waals surface area contributed by atoms with Crippen molar-refractivity contribution in [2.24, 2.45) is 5.92 Å². The fourth-order valence-electron chi connectivity index (χ4n) is 3.13. The van der Waals surface area contributed by atoms with E-state index in [9.17, 15) is 9.59 Å². The first-order chi connectivity index (χ1) is 11.2. The Kier molecular flexibility index (Phi) is 7.78. The van der Waals surface area contributed by atoms with Gasteiger partial charge in [-0.25, -0.2) is 0 Å². The van der Waals surface area contributed by atoms with Crippen LogP contribution in [0.5, 0.6) is 0 Å². The molecule has 23 heavy (non-hydrogen) atoms. The van der Waals surface area contributed by atoms with Crippen molar-refractivity contribution in [1.29, 1.82) is 0 Å². The molecule has 0 aromatic heterocycles. The van der Waals surface area contributed by atoms with Gasteiger partial charge in [0.1, 0.15) is 6.61 Å². The molecule has 0 spiro atoms. The summed E-state index contributed by atoms with van der Waals surface area (Å²) in [5, 5.41) is 6.23. The topological polar surface area (TPSA) is 79.9 Å². The van der Waals surface area contributed by atoms with Crippen molar-refractivity contribution in [3.05, 3.63) is 0 Å². The van der Waals surface area contributed by atoms with Crippen LogP contribution in [-0.4, -0.2) is 75.9 Å². The van der Waals surface area contributed by atoms with Crippen molar-refractivity contribution < 1.29 is 19.1 Å². The van der Waals surface area contributed by atoms with E-state index in [1.807, 2.05) is 4.90 Å². The predicted molar refractivity (Wildman–Crippen MR) is 86.0 cm³/mol. The molecule has 0 saturated carbocycles. The molecular formula is C16H29N3O4. The standard InChI is InChI=1S/C16H29N3O4/c1-22-8-9-23-12-15(20)19-7-3-4-13(11-19)10-18-16(21)14-5-2-6-17-14/h13-14,17H,2-12H2,1H3,(H,18,21). The molecule has 0 radical (unpaired) electrons. The number of hydrogen-bond acceptors (Lipinski definition) is 5.